The third-order valence-corrected chi connectivity index (χ3v) is 7.55. The van der Waals surface area contributed by atoms with Crippen LogP contribution in [0.25, 0.3) is 11.1 Å². The molecule has 1 heterocycles. The van der Waals surface area contributed by atoms with Gasteiger partial charge in [-0.25, -0.2) is 4.79 Å². The van der Waals surface area contributed by atoms with E-state index in [-0.39, 0.29) is 6.03 Å². The molecule has 0 atom stereocenters. The van der Waals surface area contributed by atoms with Crippen LogP contribution in [0.4, 0.5) is 16.2 Å². The summed E-state index contributed by atoms with van der Waals surface area (Å²) in [7, 11) is 0. The van der Waals surface area contributed by atoms with Gasteiger partial charge >= 0.3 is 12.0 Å². The average molecular weight is 469 g/mol. The molecule has 0 unspecified atom stereocenters. The molecule has 35 heavy (non-hydrogen) atoms. The van der Waals surface area contributed by atoms with Crippen molar-refractivity contribution >= 4 is 23.4 Å². The fourth-order valence-corrected chi connectivity index (χ4v) is 5.51. The highest BCUT2D eigenvalue weighted by molar-refractivity contribution is 6.03. The van der Waals surface area contributed by atoms with Crippen LogP contribution in [0.3, 0.4) is 0 Å². The van der Waals surface area contributed by atoms with Crippen molar-refractivity contribution in [1.82, 2.24) is 0 Å². The summed E-state index contributed by atoms with van der Waals surface area (Å²) in [4.78, 5) is 25.7. The van der Waals surface area contributed by atoms with Crippen molar-refractivity contribution in [1.29, 1.82) is 0 Å². The van der Waals surface area contributed by atoms with Crippen molar-refractivity contribution in [3.05, 3.63) is 83.4 Å². The second-order valence-corrected chi connectivity index (χ2v) is 9.98. The normalized spacial score (nSPS) is 19.3. The first-order valence-corrected chi connectivity index (χ1v) is 12.6. The predicted octanol–water partition coefficient (Wildman–Crippen LogP) is 7.01. The molecule has 0 bridgehead atoms. The maximum absolute atomic E-state index is 12.9. The summed E-state index contributed by atoms with van der Waals surface area (Å²) in [6.07, 6.45) is 5.28. The van der Waals surface area contributed by atoms with Gasteiger partial charge in [0.15, 0.2) is 0 Å². The summed E-state index contributed by atoms with van der Waals surface area (Å²) in [5.41, 5.74) is 7.84. The van der Waals surface area contributed by atoms with Crippen molar-refractivity contribution in [3.63, 3.8) is 0 Å². The lowest BCUT2D eigenvalue weighted by molar-refractivity contribution is -0.138. The van der Waals surface area contributed by atoms with E-state index < -0.39 is 5.97 Å². The lowest BCUT2D eigenvalue weighted by Crippen LogP contribution is -2.33. The van der Waals surface area contributed by atoms with Crippen LogP contribution in [0.5, 0.6) is 0 Å². The number of aliphatic carboxylic acids is 1. The molecule has 1 aliphatic carbocycles. The number of rotatable bonds is 5. The number of nitrogens with zero attached hydrogens (tertiary/aromatic N) is 1. The van der Waals surface area contributed by atoms with E-state index in [1.165, 1.54) is 22.3 Å². The topological polar surface area (TPSA) is 69.6 Å². The molecule has 0 spiro atoms. The first-order valence-electron chi connectivity index (χ1n) is 12.6. The number of anilines is 2. The third kappa shape index (κ3) is 5.24. The number of carboxylic acid groups (broad SMARTS) is 1. The van der Waals surface area contributed by atoms with E-state index in [1.54, 1.807) is 0 Å². The van der Waals surface area contributed by atoms with E-state index >= 15 is 0 Å². The summed E-state index contributed by atoms with van der Waals surface area (Å²) in [6, 6.07) is 23.0. The van der Waals surface area contributed by atoms with Gasteiger partial charge in [0.2, 0.25) is 0 Å². The molecular weight excluding hydrogens is 436 g/mol. The van der Waals surface area contributed by atoms with Gasteiger partial charge in [-0.05, 0) is 97.4 Å². The standard InChI is InChI=1S/C30H32N2O3/c1-20-2-13-27(14-3-20)31-30(35)32-17-16-26-19-25(12-15-28(26)32)24-10-8-23(9-11-24)22-6-4-21(5-7-22)18-29(33)34/h2-3,8-15,19,21-22H,4-7,16-18H2,1H3,(H,31,35)(H,33,34). The van der Waals surface area contributed by atoms with Gasteiger partial charge in [-0.15, -0.1) is 0 Å². The Morgan fingerprint density at radius 3 is 2.29 bits per heavy atom. The van der Waals surface area contributed by atoms with Crippen LogP contribution >= 0.6 is 0 Å². The summed E-state index contributed by atoms with van der Waals surface area (Å²) in [5, 5.41) is 12.0. The number of hydrogen-bond acceptors (Lipinski definition) is 2. The molecule has 1 saturated carbocycles. The zero-order chi connectivity index (χ0) is 24.4. The molecule has 3 aromatic rings. The van der Waals surface area contributed by atoms with Gasteiger partial charge in [0.25, 0.3) is 0 Å². The number of nitrogens with one attached hydrogen (secondary N) is 1. The second-order valence-electron chi connectivity index (χ2n) is 9.98. The minimum absolute atomic E-state index is 0.0946. The monoisotopic (exact) mass is 468 g/mol. The molecule has 1 fully saturated rings. The highest BCUT2D eigenvalue weighted by Gasteiger charge is 2.26. The number of amides is 2. The zero-order valence-electron chi connectivity index (χ0n) is 20.2. The number of urea groups is 1. The molecule has 0 aromatic heterocycles. The van der Waals surface area contributed by atoms with E-state index in [1.807, 2.05) is 36.1 Å². The smallest absolute Gasteiger partial charge is 0.326 e. The minimum Gasteiger partial charge on any atom is -0.481 e. The molecule has 2 N–H and O–H groups in total. The number of carbonyl (C=O) groups is 2. The number of fused-ring (bicyclic) bond motifs is 1. The molecule has 180 valence electrons. The van der Waals surface area contributed by atoms with Crippen LogP contribution in [0.1, 0.15) is 54.7 Å². The first kappa shape index (κ1) is 23.2. The molecule has 5 nitrogen and oxygen atoms in total. The number of carboxylic acids is 1. The van der Waals surface area contributed by atoms with E-state index in [0.29, 0.717) is 24.8 Å². The third-order valence-electron chi connectivity index (χ3n) is 7.55. The van der Waals surface area contributed by atoms with Crippen molar-refractivity contribution in [3.8, 4) is 11.1 Å². The number of benzene rings is 3. The Labute approximate surface area is 206 Å². The fourth-order valence-electron chi connectivity index (χ4n) is 5.51. The van der Waals surface area contributed by atoms with Gasteiger partial charge in [0.05, 0.1) is 0 Å². The van der Waals surface area contributed by atoms with E-state index in [0.717, 1.165) is 49.0 Å². The van der Waals surface area contributed by atoms with Gasteiger partial charge in [-0.2, -0.15) is 0 Å². The van der Waals surface area contributed by atoms with Crippen molar-refractivity contribution in [2.45, 2.75) is 51.4 Å². The Kier molecular flexibility index (Phi) is 6.58. The molecular formula is C30H32N2O3. The van der Waals surface area contributed by atoms with Crippen LogP contribution in [0.2, 0.25) is 0 Å². The predicted molar refractivity (Wildman–Crippen MR) is 140 cm³/mol. The Bertz CT molecular complexity index is 1210. The highest BCUT2D eigenvalue weighted by Crippen LogP contribution is 2.38. The SMILES string of the molecule is Cc1ccc(NC(=O)N2CCc3cc(-c4ccc(C5CCC(CC(=O)O)CC5)cc4)ccc32)cc1. The Morgan fingerprint density at radius 1 is 0.914 bits per heavy atom. The number of hydrogen-bond donors (Lipinski definition) is 2. The maximum Gasteiger partial charge on any atom is 0.326 e. The highest BCUT2D eigenvalue weighted by atomic mass is 16.4. The molecule has 1 aliphatic heterocycles. The molecule has 5 heteroatoms. The van der Waals surface area contributed by atoms with Crippen molar-refractivity contribution < 1.29 is 14.7 Å². The Hall–Kier alpha value is -3.60. The van der Waals surface area contributed by atoms with E-state index in [9.17, 15) is 9.59 Å². The molecule has 3 aromatic carbocycles. The largest absolute Gasteiger partial charge is 0.481 e. The Morgan fingerprint density at radius 2 is 1.60 bits per heavy atom. The number of aryl methyl sites for hydroxylation is 1. The molecule has 2 aliphatic rings. The summed E-state index contributed by atoms with van der Waals surface area (Å²) >= 11 is 0. The molecule has 0 radical (unpaired) electrons. The molecule has 2 amide bonds. The lowest BCUT2D eigenvalue weighted by Gasteiger charge is -2.28. The van der Waals surface area contributed by atoms with Gasteiger partial charge in [-0.3, -0.25) is 9.69 Å². The fraction of sp³-hybridized carbons (Fsp3) is 0.333. The van der Waals surface area contributed by atoms with Gasteiger partial charge in [-0.1, -0.05) is 48.0 Å². The van der Waals surface area contributed by atoms with Crippen molar-refractivity contribution in [2.24, 2.45) is 5.92 Å². The van der Waals surface area contributed by atoms with Crippen LogP contribution in [0.15, 0.2) is 66.7 Å². The van der Waals surface area contributed by atoms with Gasteiger partial charge < -0.3 is 10.4 Å². The molecule has 5 rings (SSSR count). The lowest BCUT2D eigenvalue weighted by atomic mass is 9.77. The average Bonchev–Trinajstić information content (AvgIpc) is 3.29. The molecule has 0 saturated heterocycles. The summed E-state index contributed by atoms with van der Waals surface area (Å²) in [6.45, 7) is 2.71. The zero-order valence-corrected chi connectivity index (χ0v) is 20.2. The van der Waals surface area contributed by atoms with Gasteiger partial charge in [0, 0.05) is 24.3 Å². The van der Waals surface area contributed by atoms with Gasteiger partial charge in [0.1, 0.15) is 0 Å². The number of carbonyl (C=O) groups excluding carboxylic acids is 1. The van der Waals surface area contributed by atoms with Crippen LogP contribution < -0.4 is 10.2 Å². The second kappa shape index (κ2) is 9.95. The quantitative estimate of drug-likeness (QED) is 0.423. The van der Waals surface area contributed by atoms with Crippen LogP contribution in [-0.2, 0) is 11.2 Å². The summed E-state index contributed by atoms with van der Waals surface area (Å²) < 4.78 is 0. The Balaban J connectivity index is 1.24. The maximum atomic E-state index is 12.9. The van der Waals surface area contributed by atoms with Crippen LogP contribution in [0, 0.1) is 12.8 Å². The minimum atomic E-state index is -0.679. The van der Waals surface area contributed by atoms with E-state index in [2.05, 4.69) is 47.8 Å². The van der Waals surface area contributed by atoms with Crippen molar-refractivity contribution in [2.75, 3.05) is 16.8 Å². The summed E-state index contributed by atoms with van der Waals surface area (Å²) in [5.74, 6) is 0.171. The first-order chi connectivity index (χ1) is 17.0. The van der Waals surface area contributed by atoms with Crippen LogP contribution in [-0.4, -0.2) is 23.7 Å². The van der Waals surface area contributed by atoms with E-state index in [4.69, 9.17) is 5.11 Å².